The molecule has 0 atom stereocenters. The average Bonchev–Trinajstić information content (AvgIpc) is 2.83. The van der Waals surface area contributed by atoms with Crippen LogP contribution in [-0.2, 0) is 23.1 Å². The van der Waals surface area contributed by atoms with Gasteiger partial charge in [0.1, 0.15) is 0 Å². The van der Waals surface area contributed by atoms with Gasteiger partial charge in [0.15, 0.2) is 0 Å². The number of hydrogen-bond acceptors (Lipinski definition) is 3. The van der Waals surface area contributed by atoms with Gasteiger partial charge in [-0.2, -0.15) is 0 Å². The number of methoxy groups -OCH3 is 1. The molecule has 0 amide bonds. The molecule has 0 unspecified atom stereocenters. The van der Waals surface area contributed by atoms with E-state index < -0.39 is 0 Å². The Labute approximate surface area is 115 Å². The Bertz CT molecular complexity index is 406. The number of likely N-dealkylation sites (tertiary alicyclic amines) is 1. The van der Waals surface area contributed by atoms with Crippen molar-refractivity contribution in [3.63, 3.8) is 0 Å². The lowest BCUT2D eigenvalue weighted by Gasteiger charge is -2.31. The molecule has 1 aliphatic heterocycles. The van der Waals surface area contributed by atoms with Crippen LogP contribution in [0.4, 0.5) is 0 Å². The van der Waals surface area contributed by atoms with Crippen molar-refractivity contribution < 1.29 is 9.53 Å². The number of nitrogens with zero attached hydrogens (tertiary/aromatic N) is 2. The quantitative estimate of drug-likeness (QED) is 0.765. The molecule has 0 N–H and O–H groups in total. The first kappa shape index (κ1) is 14.1. The van der Waals surface area contributed by atoms with Crippen molar-refractivity contribution in [2.75, 3.05) is 20.2 Å². The Morgan fingerprint density at radius 2 is 2.16 bits per heavy atom. The van der Waals surface area contributed by atoms with Crippen molar-refractivity contribution >= 4 is 5.97 Å². The molecule has 0 spiro atoms. The summed E-state index contributed by atoms with van der Waals surface area (Å²) in [5.74, 6) is 0.606. The molecule has 0 aromatic carbocycles. The molecule has 0 radical (unpaired) electrons. The third-order valence-electron chi connectivity index (χ3n) is 4.13. The zero-order valence-electron chi connectivity index (χ0n) is 12.0. The number of aromatic nitrogens is 1. The molecule has 1 aromatic heterocycles. The van der Waals surface area contributed by atoms with Crippen LogP contribution in [0.2, 0.25) is 0 Å². The van der Waals surface area contributed by atoms with E-state index in [4.69, 9.17) is 4.74 Å². The summed E-state index contributed by atoms with van der Waals surface area (Å²) in [5, 5.41) is 0. The van der Waals surface area contributed by atoms with Gasteiger partial charge in [0, 0.05) is 31.9 Å². The first-order valence-electron chi connectivity index (χ1n) is 7.08. The van der Waals surface area contributed by atoms with Crippen LogP contribution >= 0.6 is 0 Å². The van der Waals surface area contributed by atoms with Crippen LogP contribution in [0.5, 0.6) is 0 Å². The van der Waals surface area contributed by atoms with Gasteiger partial charge in [-0.3, -0.25) is 9.69 Å². The summed E-state index contributed by atoms with van der Waals surface area (Å²) in [4.78, 5) is 13.6. The van der Waals surface area contributed by atoms with Gasteiger partial charge in [0.25, 0.3) is 0 Å². The molecule has 1 saturated heterocycles. The van der Waals surface area contributed by atoms with Crippen LogP contribution < -0.4 is 0 Å². The summed E-state index contributed by atoms with van der Waals surface area (Å²) >= 11 is 0. The van der Waals surface area contributed by atoms with E-state index in [-0.39, 0.29) is 5.97 Å². The Morgan fingerprint density at radius 3 is 2.74 bits per heavy atom. The van der Waals surface area contributed by atoms with Gasteiger partial charge >= 0.3 is 5.97 Å². The van der Waals surface area contributed by atoms with Crippen LogP contribution in [0.15, 0.2) is 18.3 Å². The number of carbonyl (C=O) groups is 1. The summed E-state index contributed by atoms with van der Waals surface area (Å²) in [7, 11) is 3.56. The monoisotopic (exact) mass is 264 g/mol. The van der Waals surface area contributed by atoms with E-state index in [2.05, 4.69) is 34.8 Å². The molecular formula is C15H24N2O2. The number of piperidine rings is 1. The fourth-order valence-corrected chi connectivity index (χ4v) is 2.75. The van der Waals surface area contributed by atoms with E-state index >= 15 is 0 Å². The Morgan fingerprint density at radius 1 is 1.42 bits per heavy atom. The molecule has 2 rings (SSSR count). The molecule has 1 aromatic rings. The minimum absolute atomic E-state index is 0.0776. The highest BCUT2D eigenvalue weighted by molar-refractivity contribution is 5.69. The van der Waals surface area contributed by atoms with E-state index in [9.17, 15) is 4.79 Å². The molecule has 1 aliphatic rings. The van der Waals surface area contributed by atoms with E-state index in [1.54, 1.807) is 0 Å². The highest BCUT2D eigenvalue weighted by Gasteiger charge is 2.20. The largest absolute Gasteiger partial charge is 0.469 e. The second kappa shape index (κ2) is 6.75. The van der Waals surface area contributed by atoms with E-state index in [1.807, 2.05) is 0 Å². The molecule has 4 heteroatoms. The smallest absolute Gasteiger partial charge is 0.305 e. The van der Waals surface area contributed by atoms with Crippen molar-refractivity contribution in [3.8, 4) is 0 Å². The van der Waals surface area contributed by atoms with Crippen molar-refractivity contribution in [1.82, 2.24) is 9.47 Å². The van der Waals surface area contributed by atoms with Gasteiger partial charge in [0.05, 0.1) is 7.11 Å². The van der Waals surface area contributed by atoms with Gasteiger partial charge in [-0.1, -0.05) is 0 Å². The Hall–Kier alpha value is -1.29. The number of hydrogen-bond donors (Lipinski definition) is 0. The molecule has 0 aliphatic carbocycles. The van der Waals surface area contributed by atoms with Gasteiger partial charge in [-0.25, -0.2) is 0 Å². The highest BCUT2D eigenvalue weighted by atomic mass is 16.5. The molecule has 4 nitrogen and oxygen atoms in total. The third kappa shape index (κ3) is 4.10. The standard InChI is InChI=1S/C15H24N2O2/c1-16-9-3-4-14(16)12-17-10-7-13(8-11-17)5-6-15(18)19-2/h3-4,9,13H,5-8,10-12H2,1-2H3. The first-order chi connectivity index (χ1) is 9.19. The molecule has 2 heterocycles. The maximum absolute atomic E-state index is 11.1. The summed E-state index contributed by atoms with van der Waals surface area (Å²) < 4.78 is 6.88. The lowest BCUT2D eigenvalue weighted by molar-refractivity contribution is -0.141. The second-order valence-electron chi connectivity index (χ2n) is 5.44. The average molecular weight is 264 g/mol. The zero-order chi connectivity index (χ0) is 13.7. The summed E-state index contributed by atoms with van der Waals surface area (Å²) in [6.45, 7) is 3.31. The van der Waals surface area contributed by atoms with Gasteiger partial charge in [-0.05, 0) is 50.4 Å². The van der Waals surface area contributed by atoms with Crippen molar-refractivity contribution in [2.24, 2.45) is 13.0 Å². The highest BCUT2D eigenvalue weighted by Crippen LogP contribution is 2.23. The Balaban J connectivity index is 1.70. The summed E-state index contributed by atoms with van der Waals surface area (Å²) in [5.41, 5.74) is 1.37. The van der Waals surface area contributed by atoms with E-state index in [1.165, 1.54) is 25.6 Å². The first-order valence-corrected chi connectivity index (χ1v) is 7.08. The van der Waals surface area contributed by atoms with Crippen LogP contribution in [0.1, 0.15) is 31.4 Å². The minimum atomic E-state index is -0.0776. The number of rotatable bonds is 5. The van der Waals surface area contributed by atoms with Gasteiger partial charge < -0.3 is 9.30 Å². The fraction of sp³-hybridized carbons (Fsp3) is 0.667. The van der Waals surface area contributed by atoms with E-state index in [0.29, 0.717) is 12.3 Å². The van der Waals surface area contributed by atoms with Crippen LogP contribution in [0.25, 0.3) is 0 Å². The normalized spacial score (nSPS) is 17.6. The number of ether oxygens (including phenoxy) is 1. The molecular weight excluding hydrogens is 240 g/mol. The van der Waals surface area contributed by atoms with Gasteiger partial charge in [0.2, 0.25) is 0 Å². The van der Waals surface area contributed by atoms with Crippen LogP contribution in [0, 0.1) is 5.92 Å². The molecule has 106 valence electrons. The van der Waals surface area contributed by atoms with Crippen molar-refractivity contribution in [1.29, 1.82) is 0 Å². The predicted molar refractivity (Wildman–Crippen MR) is 74.7 cm³/mol. The molecule has 0 saturated carbocycles. The van der Waals surface area contributed by atoms with Crippen LogP contribution in [0.3, 0.4) is 0 Å². The number of aryl methyl sites for hydroxylation is 1. The van der Waals surface area contributed by atoms with E-state index in [0.717, 1.165) is 26.1 Å². The fourth-order valence-electron chi connectivity index (χ4n) is 2.75. The van der Waals surface area contributed by atoms with Gasteiger partial charge in [-0.15, -0.1) is 0 Å². The maximum atomic E-state index is 11.1. The van der Waals surface area contributed by atoms with Crippen molar-refractivity contribution in [2.45, 2.75) is 32.2 Å². The Kier molecular flexibility index (Phi) is 5.02. The molecule has 1 fully saturated rings. The summed E-state index contributed by atoms with van der Waals surface area (Å²) in [6.07, 6.45) is 6.03. The topological polar surface area (TPSA) is 34.5 Å². The van der Waals surface area contributed by atoms with Crippen molar-refractivity contribution in [3.05, 3.63) is 24.0 Å². The third-order valence-corrected chi connectivity index (χ3v) is 4.13. The molecule has 19 heavy (non-hydrogen) atoms. The minimum Gasteiger partial charge on any atom is -0.469 e. The van der Waals surface area contributed by atoms with Crippen LogP contribution in [-0.4, -0.2) is 35.6 Å². The second-order valence-corrected chi connectivity index (χ2v) is 5.44. The zero-order valence-corrected chi connectivity index (χ0v) is 12.0. The number of esters is 1. The predicted octanol–water partition coefficient (Wildman–Crippen LogP) is 2.19. The molecule has 0 bridgehead atoms. The SMILES string of the molecule is COC(=O)CCC1CCN(Cc2cccn2C)CC1. The maximum Gasteiger partial charge on any atom is 0.305 e. The summed E-state index contributed by atoms with van der Waals surface area (Å²) in [6, 6.07) is 4.28. The number of carbonyl (C=O) groups excluding carboxylic acids is 1. The lowest BCUT2D eigenvalue weighted by atomic mass is 9.92. The lowest BCUT2D eigenvalue weighted by Crippen LogP contribution is -2.33.